The molecule has 22 heavy (non-hydrogen) atoms. The highest BCUT2D eigenvalue weighted by atomic mass is 32.2. The van der Waals surface area contributed by atoms with Crippen LogP contribution in [0.3, 0.4) is 0 Å². The van der Waals surface area contributed by atoms with Gasteiger partial charge in [-0.25, -0.2) is 18.4 Å². The smallest absolute Gasteiger partial charge is 0.336 e. The zero-order valence-corrected chi connectivity index (χ0v) is 13.8. The van der Waals surface area contributed by atoms with Gasteiger partial charge < -0.3 is 4.42 Å². The molecule has 2 N–H and O–H groups in total. The fourth-order valence-electron chi connectivity index (χ4n) is 2.32. The van der Waals surface area contributed by atoms with E-state index in [4.69, 9.17) is 9.56 Å². The summed E-state index contributed by atoms with van der Waals surface area (Å²) in [6.45, 7) is 7.41. The van der Waals surface area contributed by atoms with Crippen molar-refractivity contribution >= 4 is 10.0 Å². The van der Waals surface area contributed by atoms with E-state index in [1.54, 1.807) is 25.1 Å². The van der Waals surface area contributed by atoms with Crippen LogP contribution in [-0.4, -0.2) is 8.42 Å². The first kappa shape index (κ1) is 16.5. The molecule has 0 aliphatic heterocycles. The predicted molar refractivity (Wildman–Crippen MR) is 85.2 cm³/mol. The SMILES string of the molecule is Cc1cc(-c2ccc(S(N)(=O)=O)c(C(C)(C)C)c2)cc(=O)o1. The molecule has 0 aliphatic carbocycles. The van der Waals surface area contributed by atoms with Crippen LogP contribution in [-0.2, 0) is 15.4 Å². The molecule has 1 aromatic heterocycles. The van der Waals surface area contributed by atoms with Gasteiger partial charge in [-0.05, 0) is 47.2 Å². The van der Waals surface area contributed by atoms with Crippen molar-refractivity contribution in [2.24, 2.45) is 5.14 Å². The van der Waals surface area contributed by atoms with Gasteiger partial charge in [-0.15, -0.1) is 0 Å². The summed E-state index contributed by atoms with van der Waals surface area (Å²) in [7, 11) is -3.81. The number of hydrogen-bond donors (Lipinski definition) is 1. The minimum Gasteiger partial charge on any atom is -0.428 e. The fourth-order valence-corrected chi connectivity index (χ4v) is 3.24. The van der Waals surface area contributed by atoms with Gasteiger partial charge in [-0.2, -0.15) is 0 Å². The molecule has 0 saturated carbocycles. The molecular formula is C16H19NO4S. The first-order valence-electron chi connectivity index (χ1n) is 6.78. The molecule has 2 aromatic rings. The van der Waals surface area contributed by atoms with Crippen molar-refractivity contribution in [2.75, 3.05) is 0 Å². The van der Waals surface area contributed by atoms with Gasteiger partial charge >= 0.3 is 5.63 Å². The van der Waals surface area contributed by atoms with E-state index in [0.717, 1.165) is 5.56 Å². The molecule has 118 valence electrons. The summed E-state index contributed by atoms with van der Waals surface area (Å²) in [6, 6.07) is 8.00. The summed E-state index contributed by atoms with van der Waals surface area (Å²) in [5, 5.41) is 5.30. The second-order valence-corrected chi connectivity index (χ2v) is 7.81. The number of benzene rings is 1. The number of sulfonamides is 1. The number of rotatable bonds is 2. The van der Waals surface area contributed by atoms with E-state index < -0.39 is 21.1 Å². The van der Waals surface area contributed by atoms with Gasteiger partial charge in [0.15, 0.2) is 0 Å². The van der Waals surface area contributed by atoms with Gasteiger partial charge in [-0.3, -0.25) is 0 Å². The quantitative estimate of drug-likeness (QED) is 0.920. The number of hydrogen-bond acceptors (Lipinski definition) is 4. The van der Waals surface area contributed by atoms with Crippen molar-refractivity contribution in [3.05, 3.63) is 52.1 Å². The molecule has 0 aliphatic rings. The molecule has 0 fully saturated rings. The predicted octanol–water partition coefficient (Wildman–Crippen LogP) is 2.56. The van der Waals surface area contributed by atoms with Crippen LogP contribution in [0.5, 0.6) is 0 Å². The number of aryl methyl sites for hydroxylation is 1. The van der Waals surface area contributed by atoms with Gasteiger partial charge in [0.2, 0.25) is 10.0 Å². The molecule has 2 rings (SSSR count). The van der Waals surface area contributed by atoms with E-state index >= 15 is 0 Å². The summed E-state index contributed by atoms with van der Waals surface area (Å²) < 4.78 is 28.5. The molecule has 1 heterocycles. The Morgan fingerprint density at radius 2 is 1.68 bits per heavy atom. The van der Waals surface area contributed by atoms with Crippen LogP contribution >= 0.6 is 0 Å². The van der Waals surface area contributed by atoms with Crippen LogP contribution in [0.15, 0.2) is 44.4 Å². The van der Waals surface area contributed by atoms with Crippen molar-refractivity contribution < 1.29 is 12.8 Å². The minimum absolute atomic E-state index is 0.100. The van der Waals surface area contributed by atoms with E-state index in [0.29, 0.717) is 16.9 Å². The Bertz CT molecular complexity index is 874. The van der Waals surface area contributed by atoms with Crippen LogP contribution in [0.4, 0.5) is 0 Å². The standard InChI is InChI=1S/C16H19NO4S/c1-10-7-12(9-15(18)21-10)11-5-6-14(22(17,19)20)13(8-11)16(2,3)4/h5-9H,1-4H3,(H2,17,19,20). The molecule has 6 heteroatoms. The summed E-state index contributed by atoms with van der Waals surface area (Å²) in [4.78, 5) is 11.6. The number of primary sulfonamides is 1. The molecule has 0 spiro atoms. The van der Waals surface area contributed by atoms with Gasteiger partial charge in [0.1, 0.15) is 5.76 Å². The number of nitrogens with two attached hydrogens (primary N) is 1. The topological polar surface area (TPSA) is 90.4 Å². The Labute approximate surface area is 129 Å². The molecule has 0 radical (unpaired) electrons. The van der Waals surface area contributed by atoms with Gasteiger partial charge in [0.05, 0.1) is 4.90 Å². The van der Waals surface area contributed by atoms with Crippen LogP contribution in [0, 0.1) is 6.92 Å². The first-order chi connectivity index (χ1) is 9.98. The molecule has 0 atom stereocenters. The first-order valence-corrected chi connectivity index (χ1v) is 8.32. The highest BCUT2D eigenvalue weighted by Crippen LogP contribution is 2.32. The molecule has 0 saturated heterocycles. The van der Waals surface area contributed by atoms with Crippen molar-refractivity contribution in [3.63, 3.8) is 0 Å². The van der Waals surface area contributed by atoms with Crippen LogP contribution < -0.4 is 10.8 Å². The van der Waals surface area contributed by atoms with Crippen molar-refractivity contribution in [1.29, 1.82) is 0 Å². The van der Waals surface area contributed by atoms with Gasteiger partial charge in [0, 0.05) is 6.07 Å². The van der Waals surface area contributed by atoms with Gasteiger partial charge in [-0.1, -0.05) is 26.8 Å². The molecule has 0 bridgehead atoms. The van der Waals surface area contributed by atoms with E-state index in [-0.39, 0.29) is 4.90 Å². The highest BCUT2D eigenvalue weighted by Gasteiger charge is 2.24. The Kier molecular flexibility index (Phi) is 4.02. The third kappa shape index (κ3) is 3.45. The largest absolute Gasteiger partial charge is 0.428 e. The Hall–Kier alpha value is -1.92. The molecule has 1 aromatic carbocycles. The van der Waals surface area contributed by atoms with Crippen LogP contribution in [0.1, 0.15) is 32.1 Å². The monoisotopic (exact) mass is 321 g/mol. The summed E-state index contributed by atoms with van der Waals surface area (Å²) in [6.07, 6.45) is 0. The third-order valence-corrected chi connectivity index (χ3v) is 4.29. The minimum atomic E-state index is -3.81. The van der Waals surface area contributed by atoms with Crippen molar-refractivity contribution in [3.8, 4) is 11.1 Å². The van der Waals surface area contributed by atoms with Crippen molar-refractivity contribution in [2.45, 2.75) is 38.0 Å². The zero-order chi connectivity index (χ0) is 16.7. The summed E-state index contributed by atoms with van der Waals surface area (Å²) >= 11 is 0. The molecule has 0 amide bonds. The van der Waals surface area contributed by atoms with E-state index in [1.165, 1.54) is 12.1 Å². The molecule has 5 nitrogen and oxygen atoms in total. The maximum absolute atomic E-state index is 11.8. The molecule has 0 unspecified atom stereocenters. The van der Waals surface area contributed by atoms with E-state index in [2.05, 4.69) is 0 Å². The average Bonchev–Trinajstić information content (AvgIpc) is 2.34. The van der Waals surface area contributed by atoms with Gasteiger partial charge in [0.25, 0.3) is 0 Å². The Morgan fingerprint density at radius 3 is 2.18 bits per heavy atom. The highest BCUT2D eigenvalue weighted by molar-refractivity contribution is 7.89. The lowest BCUT2D eigenvalue weighted by atomic mass is 9.85. The normalized spacial score (nSPS) is 12.4. The lowest BCUT2D eigenvalue weighted by molar-refractivity contribution is 0.481. The molecular weight excluding hydrogens is 302 g/mol. The third-order valence-electron chi connectivity index (χ3n) is 3.32. The van der Waals surface area contributed by atoms with E-state index in [1.807, 2.05) is 20.8 Å². The average molecular weight is 321 g/mol. The maximum atomic E-state index is 11.8. The zero-order valence-electron chi connectivity index (χ0n) is 13.0. The maximum Gasteiger partial charge on any atom is 0.336 e. The van der Waals surface area contributed by atoms with Crippen LogP contribution in [0.25, 0.3) is 11.1 Å². The van der Waals surface area contributed by atoms with Crippen molar-refractivity contribution in [1.82, 2.24) is 0 Å². The second kappa shape index (κ2) is 5.37. The summed E-state index contributed by atoms with van der Waals surface area (Å²) in [5.74, 6) is 0.496. The lowest BCUT2D eigenvalue weighted by Gasteiger charge is -2.23. The lowest BCUT2D eigenvalue weighted by Crippen LogP contribution is -2.21. The fraction of sp³-hybridized carbons (Fsp3) is 0.312. The Balaban J connectivity index is 2.74. The van der Waals surface area contributed by atoms with Crippen LogP contribution in [0.2, 0.25) is 0 Å². The summed E-state index contributed by atoms with van der Waals surface area (Å²) in [5.41, 5.74) is 1.18. The second-order valence-electron chi connectivity index (χ2n) is 6.28. The van der Waals surface area contributed by atoms with E-state index in [9.17, 15) is 13.2 Å². The Morgan fingerprint density at radius 1 is 1.05 bits per heavy atom.